The molecule has 1 aliphatic rings. The van der Waals surface area contributed by atoms with Crippen LogP contribution in [0.3, 0.4) is 0 Å². The Hall–Kier alpha value is -2.82. The Bertz CT molecular complexity index is 928. The van der Waals surface area contributed by atoms with Gasteiger partial charge in [0.15, 0.2) is 0 Å². The van der Waals surface area contributed by atoms with Crippen molar-refractivity contribution in [2.45, 2.75) is 26.3 Å². The van der Waals surface area contributed by atoms with E-state index in [2.05, 4.69) is 4.98 Å². The molecule has 5 nitrogen and oxygen atoms in total. The van der Waals surface area contributed by atoms with Crippen molar-refractivity contribution >= 4 is 28.3 Å². The second kappa shape index (κ2) is 5.67. The molecule has 5 heteroatoms. The molecule has 0 atom stereocenters. The summed E-state index contributed by atoms with van der Waals surface area (Å²) in [6.45, 7) is 2.97. The Morgan fingerprint density at radius 3 is 2.92 bits per heavy atom. The number of rotatable bonds is 2. The van der Waals surface area contributed by atoms with E-state index < -0.39 is 0 Å². The quantitative estimate of drug-likeness (QED) is 0.738. The molecule has 2 aromatic carbocycles. The summed E-state index contributed by atoms with van der Waals surface area (Å²) in [4.78, 5) is 19.4. The van der Waals surface area contributed by atoms with Crippen molar-refractivity contribution in [3.8, 4) is 0 Å². The largest absolute Gasteiger partial charge is 0.398 e. The summed E-state index contributed by atoms with van der Waals surface area (Å²) < 4.78 is 1.98. The third-order valence-electron chi connectivity index (χ3n) is 4.73. The zero-order valence-electron chi connectivity index (χ0n) is 13.7. The molecule has 0 aliphatic carbocycles. The fourth-order valence-corrected chi connectivity index (χ4v) is 3.53. The third kappa shape index (κ3) is 2.33. The molecule has 0 fully saturated rings. The zero-order chi connectivity index (χ0) is 16.7. The van der Waals surface area contributed by atoms with Crippen LogP contribution in [0.1, 0.15) is 17.8 Å². The van der Waals surface area contributed by atoms with Crippen LogP contribution in [0.15, 0.2) is 42.5 Å². The summed E-state index contributed by atoms with van der Waals surface area (Å²) in [5.74, 6) is 0.933. The van der Waals surface area contributed by atoms with E-state index in [9.17, 15) is 4.79 Å². The number of carbonyl (C=O) groups excluding carboxylic acids is 1. The second-order valence-corrected chi connectivity index (χ2v) is 6.23. The molecule has 0 spiro atoms. The van der Waals surface area contributed by atoms with Crippen molar-refractivity contribution in [2.75, 3.05) is 17.2 Å². The van der Waals surface area contributed by atoms with Crippen LogP contribution in [0, 0.1) is 6.92 Å². The minimum Gasteiger partial charge on any atom is -0.398 e. The molecule has 122 valence electrons. The number of nitrogens with zero attached hydrogens (tertiary/aromatic N) is 3. The van der Waals surface area contributed by atoms with Crippen molar-refractivity contribution in [1.82, 2.24) is 9.55 Å². The number of aromatic nitrogens is 2. The first-order valence-corrected chi connectivity index (χ1v) is 8.25. The molecule has 0 radical (unpaired) electrons. The van der Waals surface area contributed by atoms with Crippen molar-refractivity contribution in [2.24, 2.45) is 0 Å². The smallest absolute Gasteiger partial charge is 0.246 e. The lowest BCUT2D eigenvalue weighted by molar-refractivity contribution is -0.119. The van der Waals surface area contributed by atoms with Gasteiger partial charge in [0.2, 0.25) is 5.91 Å². The van der Waals surface area contributed by atoms with E-state index in [0.29, 0.717) is 6.54 Å². The number of hydrogen-bond acceptors (Lipinski definition) is 3. The van der Waals surface area contributed by atoms with E-state index in [4.69, 9.17) is 5.73 Å². The fraction of sp³-hybridized carbons (Fsp3) is 0.263. The molecule has 1 aromatic heterocycles. The average molecular weight is 320 g/mol. The van der Waals surface area contributed by atoms with E-state index in [1.54, 1.807) is 0 Å². The van der Waals surface area contributed by atoms with Gasteiger partial charge in [-0.1, -0.05) is 18.2 Å². The number of hydrogen-bond donors (Lipinski definition) is 1. The van der Waals surface area contributed by atoms with Gasteiger partial charge < -0.3 is 15.2 Å². The molecule has 3 aromatic rings. The highest BCUT2D eigenvalue weighted by Gasteiger charge is 2.24. The standard InChI is InChI=1S/C19H20N4O/c1-13-21-16-8-2-3-9-18(16)23(13)12-19(24)22-11-5-6-14-15(20)7-4-10-17(14)22/h2-4,7-10H,5-6,11-12,20H2,1H3. The van der Waals surface area contributed by atoms with Crippen LogP contribution in [0.5, 0.6) is 0 Å². The molecule has 24 heavy (non-hydrogen) atoms. The number of nitrogens with two attached hydrogens (primary N) is 1. The second-order valence-electron chi connectivity index (χ2n) is 6.23. The van der Waals surface area contributed by atoms with Crippen LogP contribution in [0.2, 0.25) is 0 Å². The van der Waals surface area contributed by atoms with E-state index in [1.165, 1.54) is 0 Å². The summed E-state index contributed by atoms with van der Waals surface area (Å²) in [5.41, 5.74) is 10.8. The topological polar surface area (TPSA) is 64.2 Å². The Balaban J connectivity index is 1.68. The summed E-state index contributed by atoms with van der Waals surface area (Å²) >= 11 is 0. The number of imidazole rings is 1. The first-order chi connectivity index (χ1) is 11.6. The van der Waals surface area contributed by atoms with E-state index in [-0.39, 0.29) is 5.91 Å². The average Bonchev–Trinajstić information content (AvgIpc) is 2.90. The lowest BCUT2D eigenvalue weighted by Crippen LogP contribution is -2.38. The number of fused-ring (bicyclic) bond motifs is 2. The highest BCUT2D eigenvalue weighted by Crippen LogP contribution is 2.31. The van der Waals surface area contributed by atoms with Gasteiger partial charge in [0.25, 0.3) is 0 Å². The molecule has 0 unspecified atom stereocenters. The SMILES string of the molecule is Cc1nc2ccccc2n1CC(=O)N1CCCc2c(N)cccc21. The van der Waals surface area contributed by atoms with Crippen LogP contribution in [-0.2, 0) is 17.8 Å². The van der Waals surface area contributed by atoms with Gasteiger partial charge in [-0.25, -0.2) is 4.98 Å². The lowest BCUT2D eigenvalue weighted by atomic mass is 10.00. The molecule has 1 aliphatic heterocycles. The van der Waals surface area contributed by atoms with Crippen LogP contribution in [-0.4, -0.2) is 22.0 Å². The van der Waals surface area contributed by atoms with Crippen LogP contribution < -0.4 is 10.6 Å². The van der Waals surface area contributed by atoms with Crippen molar-refractivity contribution < 1.29 is 4.79 Å². The summed E-state index contributed by atoms with van der Waals surface area (Å²) in [6.07, 6.45) is 1.87. The number of anilines is 2. The Kier molecular flexibility index (Phi) is 3.49. The molecule has 2 heterocycles. The van der Waals surface area contributed by atoms with Gasteiger partial charge in [-0.3, -0.25) is 4.79 Å². The van der Waals surface area contributed by atoms with Crippen molar-refractivity contribution in [3.05, 3.63) is 53.9 Å². The van der Waals surface area contributed by atoms with Crippen LogP contribution >= 0.6 is 0 Å². The van der Waals surface area contributed by atoms with E-state index in [0.717, 1.165) is 53.2 Å². The predicted molar refractivity (Wildman–Crippen MR) is 96.0 cm³/mol. The number of nitrogen functional groups attached to an aromatic ring is 1. The van der Waals surface area contributed by atoms with Gasteiger partial charge in [-0.05, 0) is 49.6 Å². The molecule has 2 N–H and O–H groups in total. The highest BCUT2D eigenvalue weighted by atomic mass is 16.2. The van der Waals surface area contributed by atoms with Gasteiger partial charge >= 0.3 is 0 Å². The normalized spacial score (nSPS) is 14.0. The molecule has 4 rings (SSSR count). The van der Waals surface area contributed by atoms with E-state index in [1.807, 2.05) is 58.9 Å². The Labute approximate surface area is 140 Å². The summed E-state index contributed by atoms with van der Waals surface area (Å²) in [6, 6.07) is 13.7. The van der Waals surface area contributed by atoms with Gasteiger partial charge in [-0.15, -0.1) is 0 Å². The molecule has 1 amide bonds. The molecule has 0 saturated heterocycles. The predicted octanol–water partition coefficient (Wildman–Crippen LogP) is 2.91. The van der Waals surface area contributed by atoms with Crippen LogP contribution in [0.4, 0.5) is 11.4 Å². The maximum Gasteiger partial charge on any atom is 0.246 e. The van der Waals surface area contributed by atoms with Crippen molar-refractivity contribution in [3.63, 3.8) is 0 Å². The molecule has 0 saturated carbocycles. The fourth-order valence-electron chi connectivity index (χ4n) is 3.53. The first-order valence-electron chi connectivity index (χ1n) is 8.25. The number of aryl methyl sites for hydroxylation is 1. The third-order valence-corrected chi connectivity index (χ3v) is 4.73. The Morgan fingerprint density at radius 1 is 1.21 bits per heavy atom. The summed E-state index contributed by atoms with van der Waals surface area (Å²) in [7, 11) is 0. The maximum absolute atomic E-state index is 13.0. The lowest BCUT2D eigenvalue weighted by Gasteiger charge is -2.30. The van der Waals surface area contributed by atoms with Crippen LogP contribution in [0.25, 0.3) is 11.0 Å². The minimum absolute atomic E-state index is 0.0767. The number of benzene rings is 2. The Morgan fingerprint density at radius 2 is 2.04 bits per heavy atom. The molecule has 0 bridgehead atoms. The number of para-hydroxylation sites is 2. The number of carbonyl (C=O) groups is 1. The van der Waals surface area contributed by atoms with Gasteiger partial charge in [0.1, 0.15) is 12.4 Å². The first kappa shape index (κ1) is 14.8. The zero-order valence-corrected chi connectivity index (χ0v) is 13.7. The van der Waals surface area contributed by atoms with Gasteiger partial charge in [0, 0.05) is 17.9 Å². The number of amides is 1. The minimum atomic E-state index is 0.0767. The summed E-state index contributed by atoms with van der Waals surface area (Å²) in [5, 5.41) is 0. The van der Waals surface area contributed by atoms with E-state index >= 15 is 0 Å². The van der Waals surface area contributed by atoms with Crippen molar-refractivity contribution in [1.29, 1.82) is 0 Å². The molecular formula is C19H20N4O. The molecular weight excluding hydrogens is 300 g/mol. The highest BCUT2D eigenvalue weighted by molar-refractivity contribution is 5.96. The monoisotopic (exact) mass is 320 g/mol. The maximum atomic E-state index is 13.0. The van der Waals surface area contributed by atoms with Gasteiger partial charge in [0.05, 0.1) is 11.0 Å². The van der Waals surface area contributed by atoms with Gasteiger partial charge in [-0.2, -0.15) is 0 Å².